The number of aromatic nitrogens is 5. The zero-order valence-corrected chi connectivity index (χ0v) is 41.9. The Morgan fingerprint density at radius 1 is 0.806 bits per heavy atom. The molecular formula is C53H60FN9O8S. The van der Waals surface area contributed by atoms with Crippen LogP contribution in [0.25, 0.3) is 44.7 Å². The molecule has 4 aromatic heterocycles. The maximum absolute atomic E-state index is 17.0. The highest BCUT2D eigenvalue weighted by atomic mass is 32.1. The van der Waals surface area contributed by atoms with Crippen LogP contribution in [0.15, 0.2) is 60.9 Å². The van der Waals surface area contributed by atoms with E-state index < -0.39 is 36.3 Å². The summed E-state index contributed by atoms with van der Waals surface area (Å²) in [6, 6.07) is 13.6. The van der Waals surface area contributed by atoms with Gasteiger partial charge in [-0.2, -0.15) is 0 Å². The molecule has 2 aromatic carbocycles. The van der Waals surface area contributed by atoms with Gasteiger partial charge in [0.2, 0.25) is 18.0 Å². The number of halogens is 1. The fraction of sp³-hybridized carbons (Fsp3) is 0.472. The zero-order valence-electron chi connectivity index (χ0n) is 41.0. The number of thiophene rings is 1. The first-order chi connectivity index (χ1) is 34.9. The molecule has 4 fully saturated rings. The molecule has 3 saturated heterocycles. The summed E-state index contributed by atoms with van der Waals surface area (Å²) >= 11 is 1.73. The third-order valence-corrected chi connectivity index (χ3v) is 16.4. The highest BCUT2D eigenvalue weighted by molar-refractivity contribution is 7.12. The van der Waals surface area contributed by atoms with Crippen LogP contribution < -0.4 is 15.4 Å². The molecule has 4 amide bonds. The Kier molecular flexibility index (Phi) is 12.8. The summed E-state index contributed by atoms with van der Waals surface area (Å²) in [6.07, 6.45) is 8.13. The van der Waals surface area contributed by atoms with Gasteiger partial charge in [0.25, 0.3) is 0 Å². The van der Waals surface area contributed by atoms with Gasteiger partial charge in [-0.1, -0.05) is 19.9 Å². The van der Waals surface area contributed by atoms with Crippen LogP contribution in [0.1, 0.15) is 118 Å². The van der Waals surface area contributed by atoms with Gasteiger partial charge < -0.3 is 49.3 Å². The van der Waals surface area contributed by atoms with Crippen molar-refractivity contribution >= 4 is 46.2 Å². The normalized spacial score (nSPS) is 22.6. The Labute approximate surface area is 420 Å². The van der Waals surface area contributed by atoms with Gasteiger partial charge in [-0.3, -0.25) is 14.2 Å². The van der Waals surface area contributed by atoms with Gasteiger partial charge in [-0.05, 0) is 119 Å². The molecule has 4 aliphatic heterocycles. The Morgan fingerprint density at radius 3 is 2.14 bits per heavy atom. The van der Waals surface area contributed by atoms with E-state index in [-0.39, 0.29) is 41.8 Å². The lowest BCUT2D eigenvalue weighted by atomic mass is 9.88. The molecule has 0 bridgehead atoms. The molecule has 17 nitrogen and oxygen atoms in total. The van der Waals surface area contributed by atoms with E-state index in [0.717, 1.165) is 59.1 Å². The zero-order chi connectivity index (χ0) is 49.9. The Bertz CT molecular complexity index is 3050. The number of methoxy groups -OCH3 is 2. The fourth-order valence-corrected chi connectivity index (χ4v) is 12.5. The monoisotopic (exact) mass is 1000 g/mol. The van der Waals surface area contributed by atoms with E-state index in [9.17, 15) is 19.2 Å². The molecule has 4 N–H and O–H groups in total. The van der Waals surface area contributed by atoms with Crippen molar-refractivity contribution in [1.82, 2.24) is 44.9 Å². The summed E-state index contributed by atoms with van der Waals surface area (Å²) < 4.78 is 41.5. The minimum atomic E-state index is -0.770. The number of aromatic amines is 2. The highest BCUT2D eigenvalue weighted by Gasteiger charge is 2.42. The van der Waals surface area contributed by atoms with Gasteiger partial charge in [-0.25, -0.2) is 23.9 Å². The highest BCUT2D eigenvalue weighted by Crippen LogP contribution is 2.50. The van der Waals surface area contributed by atoms with Crippen LogP contribution in [0.4, 0.5) is 14.0 Å². The van der Waals surface area contributed by atoms with Crippen molar-refractivity contribution in [2.24, 2.45) is 11.8 Å². The number of benzene rings is 2. The number of carbonyl (C=O) groups excluding carboxylic acids is 4. The fourth-order valence-electron chi connectivity index (χ4n) is 11.3. The molecule has 5 aliphatic rings. The number of amides is 4. The SMILES string of the molecule is COC(=O)NC(C(=O)N1CCC[C@H]1c1ncc(-c2ccc3c(c2)cc2n3C(c3ccc(C4CC4)s3)Oc3cc(-c4cnc([C@@H]5CCCN5C(=O)[C@@H](NC(=O)OC)C(C)C)[nH]4)cc(F)c3-2)[nH]1)C1CCO[C@@H](C)C1. The Balaban J connectivity index is 0.894. The molecule has 0 spiro atoms. The second-order valence-electron chi connectivity index (χ2n) is 20.2. The molecule has 3 unspecified atom stereocenters. The van der Waals surface area contributed by atoms with E-state index in [1.807, 2.05) is 49.9 Å². The average Bonchev–Trinajstić information content (AvgIpc) is 4.11. The maximum atomic E-state index is 17.0. The van der Waals surface area contributed by atoms with Gasteiger partial charge in [-0.15, -0.1) is 11.3 Å². The molecule has 6 aromatic rings. The van der Waals surface area contributed by atoms with Gasteiger partial charge in [0.05, 0.1) is 77.8 Å². The molecule has 378 valence electrons. The number of hydrogen-bond donors (Lipinski definition) is 4. The van der Waals surface area contributed by atoms with Gasteiger partial charge in [0, 0.05) is 41.1 Å². The van der Waals surface area contributed by atoms with Crippen molar-refractivity contribution in [3.63, 3.8) is 0 Å². The Hall–Kier alpha value is -6.73. The average molecular weight is 1000 g/mol. The van der Waals surface area contributed by atoms with Crippen molar-refractivity contribution < 1.29 is 42.5 Å². The summed E-state index contributed by atoms with van der Waals surface area (Å²) in [5.74, 6) is 1.11. The lowest BCUT2D eigenvalue weighted by molar-refractivity contribution is -0.137. The Morgan fingerprint density at radius 2 is 1.47 bits per heavy atom. The van der Waals surface area contributed by atoms with Crippen molar-refractivity contribution in [3.8, 4) is 39.5 Å². The number of rotatable bonds is 12. The lowest BCUT2D eigenvalue weighted by Gasteiger charge is -2.36. The number of ether oxygens (including phenoxy) is 4. The van der Waals surface area contributed by atoms with Crippen LogP contribution in [0, 0.1) is 17.7 Å². The van der Waals surface area contributed by atoms with E-state index >= 15 is 4.39 Å². The van der Waals surface area contributed by atoms with Crippen LogP contribution in [-0.2, 0) is 23.8 Å². The van der Waals surface area contributed by atoms with E-state index in [2.05, 4.69) is 43.4 Å². The van der Waals surface area contributed by atoms with Crippen molar-refractivity contribution in [3.05, 3.63) is 88.1 Å². The van der Waals surface area contributed by atoms with Gasteiger partial charge in [0.1, 0.15) is 35.3 Å². The van der Waals surface area contributed by atoms with Crippen molar-refractivity contribution in [2.75, 3.05) is 33.9 Å². The maximum Gasteiger partial charge on any atom is 0.407 e. The summed E-state index contributed by atoms with van der Waals surface area (Å²) in [7, 11) is 2.57. The number of carbonyl (C=O) groups is 4. The number of fused-ring (bicyclic) bond motifs is 5. The first-order valence-corrected chi connectivity index (χ1v) is 26.0. The number of imidazole rings is 2. The third kappa shape index (κ3) is 8.87. The quantitative estimate of drug-likeness (QED) is 0.0917. The van der Waals surface area contributed by atoms with Crippen LogP contribution in [0.5, 0.6) is 5.75 Å². The molecule has 7 atom stereocenters. The number of alkyl carbamates (subject to hydrolysis) is 2. The standard InChI is InChI=1S/C53H60FN9O8S/c1-27(2)45(59-52(66)68-4)49(64)61-17-6-8-38(61)48-56-26-36(58-48)32-22-34(54)44-40-23-33-21-30(12-13-37(33)63(40)51(71-41(44)24-32)43-15-14-42(72-43)29-10-11-29)35-25-55-47(57-35)39-9-7-18-62(39)50(65)46(60-53(67)69-5)31-16-19-70-28(3)20-31/h12-15,21-29,31,38-39,45-46,51H,6-11,16-20H2,1-5H3,(H,55,57)(H,56,58)(H,59,66)(H,60,67)/t28-,31?,38-,39-,45-,46?,51?/m0/s1. The van der Waals surface area contributed by atoms with Gasteiger partial charge >= 0.3 is 12.2 Å². The largest absolute Gasteiger partial charge is 0.464 e. The topological polar surface area (TPSA) is 198 Å². The summed E-state index contributed by atoms with van der Waals surface area (Å²) in [5.41, 5.74) is 4.69. The smallest absolute Gasteiger partial charge is 0.407 e. The van der Waals surface area contributed by atoms with E-state index in [4.69, 9.17) is 28.9 Å². The number of H-pyrrole nitrogens is 2. The molecule has 1 aliphatic carbocycles. The number of nitrogens with zero attached hydrogens (tertiary/aromatic N) is 5. The second kappa shape index (κ2) is 19.4. The lowest BCUT2D eigenvalue weighted by Crippen LogP contribution is -2.53. The van der Waals surface area contributed by atoms with Crippen molar-refractivity contribution in [2.45, 2.75) is 115 Å². The number of nitrogens with one attached hydrogen (secondary N) is 4. The first-order valence-electron chi connectivity index (χ1n) is 25.1. The molecule has 11 rings (SSSR count). The minimum absolute atomic E-state index is 0.0261. The predicted octanol–water partition coefficient (Wildman–Crippen LogP) is 9.35. The van der Waals surface area contributed by atoms with Crippen LogP contribution in [-0.4, -0.2) is 110 Å². The van der Waals surface area contributed by atoms with E-state index in [0.29, 0.717) is 84.8 Å². The van der Waals surface area contributed by atoms with Crippen LogP contribution in [0.2, 0.25) is 0 Å². The molecule has 19 heteroatoms. The van der Waals surface area contributed by atoms with Crippen LogP contribution in [0.3, 0.4) is 0 Å². The molecule has 1 saturated carbocycles. The molecule has 72 heavy (non-hydrogen) atoms. The third-order valence-electron chi connectivity index (χ3n) is 15.1. The van der Waals surface area contributed by atoms with Crippen molar-refractivity contribution in [1.29, 1.82) is 0 Å². The first kappa shape index (κ1) is 47.6. The molecule has 8 heterocycles. The number of likely N-dealkylation sites (tertiary alicyclic amines) is 2. The predicted molar refractivity (Wildman–Crippen MR) is 267 cm³/mol. The van der Waals surface area contributed by atoms with E-state index in [1.165, 1.54) is 25.2 Å². The summed E-state index contributed by atoms with van der Waals surface area (Å²) in [4.78, 5) is 75.2. The summed E-state index contributed by atoms with van der Waals surface area (Å²) in [5, 5.41) is 6.42. The minimum Gasteiger partial charge on any atom is -0.464 e. The van der Waals surface area contributed by atoms with E-state index in [1.54, 1.807) is 28.6 Å². The number of hydrogen-bond acceptors (Lipinski definition) is 11. The molecular weight excluding hydrogens is 942 g/mol. The second-order valence-corrected chi connectivity index (χ2v) is 21.3. The molecule has 0 radical (unpaired) electrons. The summed E-state index contributed by atoms with van der Waals surface area (Å²) in [6.45, 7) is 7.30. The van der Waals surface area contributed by atoms with Gasteiger partial charge in [0.15, 0.2) is 0 Å². The van der Waals surface area contributed by atoms with Crippen LogP contribution >= 0.6 is 11.3 Å².